The first kappa shape index (κ1) is 17.5. The fourth-order valence-corrected chi connectivity index (χ4v) is 3.40. The van der Waals surface area contributed by atoms with E-state index in [1.54, 1.807) is 0 Å². The van der Waals surface area contributed by atoms with E-state index in [4.69, 9.17) is 9.73 Å². The first-order valence-corrected chi connectivity index (χ1v) is 9.08. The van der Waals surface area contributed by atoms with Crippen molar-refractivity contribution in [3.8, 4) is 0 Å². The highest BCUT2D eigenvalue weighted by molar-refractivity contribution is 5.80. The van der Waals surface area contributed by atoms with Gasteiger partial charge in [-0.1, -0.05) is 6.92 Å². The van der Waals surface area contributed by atoms with Crippen LogP contribution >= 0.6 is 0 Å². The molecule has 128 valence electrons. The number of likely N-dealkylation sites (tertiary alicyclic amines) is 1. The predicted molar refractivity (Wildman–Crippen MR) is 92.5 cm³/mol. The molecule has 2 aliphatic heterocycles. The molecule has 2 saturated heterocycles. The lowest BCUT2D eigenvalue weighted by Crippen LogP contribution is -2.54. The molecule has 1 atom stereocenters. The molecule has 0 spiro atoms. The summed E-state index contributed by atoms with van der Waals surface area (Å²) in [5.41, 5.74) is 0.215. The van der Waals surface area contributed by atoms with Crippen molar-refractivity contribution >= 4 is 5.96 Å². The van der Waals surface area contributed by atoms with Gasteiger partial charge in [0.15, 0.2) is 5.96 Å². The Labute approximate surface area is 135 Å². The Morgan fingerprint density at radius 3 is 2.50 bits per heavy atom. The molecule has 0 amide bonds. The van der Waals surface area contributed by atoms with Gasteiger partial charge in [0.2, 0.25) is 0 Å². The molecule has 2 fully saturated rings. The molecule has 0 bridgehead atoms. The van der Waals surface area contributed by atoms with Crippen molar-refractivity contribution in [3.63, 3.8) is 0 Å². The maximum absolute atomic E-state index is 5.61. The van der Waals surface area contributed by atoms with Gasteiger partial charge in [-0.05, 0) is 59.0 Å². The van der Waals surface area contributed by atoms with Crippen LogP contribution in [0.2, 0.25) is 0 Å². The van der Waals surface area contributed by atoms with E-state index in [0.717, 1.165) is 51.5 Å². The fourth-order valence-electron chi connectivity index (χ4n) is 3.40. The molecule has 0 aromatic carbocycles. The Hall–Kier alpha value is -0.810. The Kier molecular flexibility index (Phi) is 6.96. The van der Waals surface area contributed by atoms with E-state index in [0.29, 0.717) is 6.04 Å². The molecule has 5 heteroatoms. The van der Waals surface area contributed by atoms with Crippen molar-refractivity contribution in [3.05, 3.63) is 0 Å². The van der Waals surface area contributed by atoms with Crippen LogP contribution in [0, 0.1) is 0 Å². The monoisotopic (exact) mass is 310 g/mol. The highest BCUT2D eigenvalue weighted by Gasteiger charge is 2.39. The molecule has 5 nitrogen and oxygen atoms in total. The van der Waals surface area contributed by atoms with E-state index in [9.17, 15) is 0 Å². The highest BCUT2D eigenvalue weighted by Crippen LogP contribution is 2.31. The maximum atomic E-state index is 5.61. The average molecular weight is 310 g/mol. The largest absolute Gasteiger partial charge is 0.381 e. The van der Waals surface area contributed by atoms with E-state index in [2.05, 4.69) is 36.3 Å². The van der Waals surface area contributed by atoms with Gasteiger partial charge in [0.25, 0.3) is 0 Å². The third kappa shape index (κ3) is 4.59. The number of guanidine groups is 1. The molecule has 0 saturated carbocycles. The van der Waals surface area contributed by atoms with Crippen LogP contribution < -0.4 is 10.6 Å². The first-order chi connectivity index (χ1) is 10.7. The summed E-state index contributed by atoms with van der Waals surface area (Å²) in [5.74, 6) is 0.960. The SMILES string of the molecule is CCNC(=NCC1(N2CCCC2)CCOCC1)NC(C)CC. The summed E-state index contributed by atoms with van der Waals surface area (Å²) in [6, 6.07) is 0.454. The predicted octanol–water partition coefficient (Wildman–Crippen LogP) is 1.99. The molecule has 0 aromatic rings. The number of ether oxygens (including phenoxy) is 1. The number of hydrogen-bond donors (Lipinski definition) is 2. The van der Waals surface area contributed by atoms with E-state index >= 15 is 0 Å². The fraction of sp³-hybridized carbons (Fsp3) is 0.941. The summed E-state index contributed by atoms with van der Waals surface area (Å²) < 4.78 is 5.61. The van der Waals surface area contributed by atoms with Gasteiger partial charge in [0.1, 0.15) is 0 Å². The number of hydrogen-bond acceptors (Lipinski definition) is 3. The summed E-state index contributed by atoms with van der Waals surface area (Å²) in [6.45, 7) is 12.5. The van der Waals surface area contributed by atoms with Crippen LogP contribution in [0.25, 0.3) is 0 Å². The van der Waals surface area contributed by atoms with Gasteiger partial charge in [-0.3, -0.25) is 9.89 Å². The Morgan fingerprint density at radius 2 is 1.91 bits per heavy atom. The zero-order valence-electron chi connectivity index (χ0n) is 14.7. The Morgan fingerprint density at radius 1 is 1.23 bits per heavy atom. The lowest BCUT2D eigenvalue weighted by atomic mass is 9.88. The second-order valence-corrected chi connectivity index (χ2v) is 6.68. The third-order valence-electron chi connectivity index (χ3n) is 5.07. The summed E-state index contributed by atoms with van der Waals surface area (Å²) in [4.78, 5) is 7.61. The Balaban J connectivity index is 2.05. The molecule has 2 N–H and O–H groups in total. The first-order valence-electron chi connectivity index (χ1n) is 9.08. The van der Waals surface area contributed by atoms with Crippen molar-refractivity contribution < 1.29 is 4.74 Å². The van der Waals surface area contributed by atoms with Gasteiger partial charge in [-0.2, -0.15) is 0 Å². The topological polar surface area (TPSA) is 48.9 Å². The zero-order valence-corrected chi connectivity index (χ0v) is 14.7. The molecule has 0 aliphatic carbocycles. The van der Waals surface area contributed by atoms with Crippen molar-refractivity contribution in [2.45, 2.75) is 64.5 Å². The summed E-state index contributed by atoms with van der Waals surface area (Å²) in [6.07, 6.45) is 5.99. The Bertz CT molecular complexity index is 347. The number of nitrogens with zero attached hydrogens (tertiary/aromatic N) is 2. The van der Waals surface area contributed by atoms with Crippen LogP contribution in [0.4, 0.5) is 0 Å². The molecule has 2 rings (SSSR count). The third-order valence-corrected chi connectivity index (χ3v) is 5.07. The van der Waals surface area contributed by atoms with E-state index in [1.165, 1.54) is 25.9 Å². The number of aliphatic imine (C=N–C) groups is 1. The van der Waals surface area contributed by atoms with Crippen LogP contribution in [-0.4, -0.2) is 61.8 Å². The van der Waals surface area contributed by atoms with Crippen molar-refractivity contribution in [1.29, 1.82) is 0 Å². The summed E-state index contributed by atoms with van der Waals surface area (Å²) in [7, 11) is 0. The standard InChI is InChI=1S/C17H34N4O/c1-4-15(3)20-16(18-5-2)19-14-17(8-12-22-13-9-17)21-10-6-7-11-21/h15H,4-14H2,1-3H3,(H2,18,19,20). The molecular formula is C17H34N4O. The summed E-state index contributed by atoms with van der Waals surface area (Å²) in [5, 5.41) is 6.89. The van der Waals surface area contributed by atoms with Gasteiger partial charge < -0.3 is 15.4 Å². The smallest absolute Gasteiger partial charge is 0.191 e. The molecule has 0 radical (unpaired) electrons. The van der Waals surface area contributed by atoms with Crippen LogP contribution in [0.1, 0.15) is 52.9 Å². The minimum atomic E-state index is 0.215. The van der Waals surface area contributed by atoms with Gasteiger partial charge in [0, 0.05) is 31.3 Å². The van der Waals surface area contributed by atoms with Crippen LogP contribution in [0.3, 0.4) is 0 Å². The van der Waals surface area contributed by atoms with Crippen molar-refractivity contribution in [1.82, 2.24) is 15.5 Å². The molecular weight excluding hydrogens is 276 g/mol. The number of rotatable bonds is 6. The van der Waals surface area contributed by atoms with Gasteiger partial charge in [-0.25, -0.2) is 0 Å². The van der Waals surface area contributed by atoms with Crippen LogP contribution in [-0.2, 0) is 4.74 Å². The molecule has 0 aromatic heterocycles. The zero-order chi connectivity index (χ0) is 15.8. The molecule has 22 heavy (non-hydrogen) atoms. The second kappa shape index (κ2) is 8.73. The van der Waals surface area contributed by atoms with Crippen molar-refractivity contribution in [2.24, 2.45) is 4.99 Å². The molecule has 2 heterocycles. The van der Waals surface area contributed by atoms with Gasteiger partial charge in [-0.15, -0.1) is 0 Å². The highest BCUT2D eigenvalue weighted by atomic mass is 16.5. The maximum Gasteiger partial charge on any atom is 0.191 e. The molecule has 2 aliphatic rings. The second-order valence-electron chi connectivity index (χ2n) is 6.68. The van der Waals surface area contributed by atoms with Crippen molar-refractivity contribution in [2.75, 3.05) is 39.4 Å². The van der Waals surface area contributed by atoms with E-state index < -0.39 is 0 Å². The minimum absolute atomic E-state index is 0.215. The quantitative estimate of drug-likeness (QED) is 0.582. The summed E-state index contributed by atoms with van der Waals surface area (Å²) >= 11 is 0. The normalized spacial score (nSPS) is 24.2. The number of nitrogens with one attached hydrogen (secondary N) is 2. The van der Waals surface area contributed by atoms with Gasteiger partial charge >= 0.3 is 0 Å². The molecule has 1 unspecified atom stereocenters. The minimum Gasteiger partial charge on any atom is -0.381 e. The van der Waals surface area contributed by atoms with E-state index in [1.807, 2.05) is 0 Å². The van der Waals surface area contributed by atoms with Crippen LogP contribution in [0.5, 0.6) is 0 Å². The van der Waals surface area contributed by atoms with Gasteiger partial charge in [0.05, 0.1) is 6.54 Å². The van der Waals surface area contributed by atoms with E-state index in [-0.39, 0.29) is 5.54 Å². The lowest BCUT2D eigenvalue weighted by Gasteiger charge is -2.43. The van der Waals surface area contributed by atoms with Crippen LogP contribution in [0.15, 0.2) is 4.99 Å². The lowest BCUT2D eigenvalue weighted by molar-refractivity contribution is -0.0139. The average Bonchev–Trinajstić information content (AvgIpc) is 3.09.